The number of nitrogens with one attached hydrogen (secondary N) is 1. The molecule has 0 aliphatic carbocycles. The highest BCUT2D eigenvalue weighted by molar-refractivity contribution is 9.10. The summed E-state index contributed by atoms with van der Waals surface area (Å²) in [5, 5.41) is 1.83. The Hall–Kier alpha value is -1.59. The molecule has 0 saturated carbocycles. The lowest BCUT2D eigenvalue weighted by atomic mass is 10.3. The summed E-state index contributed by atoms with van der Waals surface area (Å²) in [7, 11) is 1.83. The molecular formula is C12H13BrN4. The van der Waals surface area contributed by atoms with Crippen molar-refractivity contribution < 1.29 is 0 Å². The fourth-order valence-corrected chi connectivity index (χ4v) is 1.96. The molecule has 0 aliphatic heterocycles. The molecule has 3 N–H and O–H groups in total. The Kier molecular flexibility index (Phi) is 3.61. The van der Waals surface area contributed by atoms with Crippen LogP contribution in [0.2, 0.25) is 0 Å². The standard InChI is InChI=1S/C12H13BrN4/c1-15-17(10-5-2-4-9(13)8-10)12-11(14)6-3-7-16-12/h2-8,15H,14H2,1H3. The van der Waals surface area contributed by atoms with Crippen molar-refractivity contribution in [1.82, 2.24) is 10.4 Å². The van der Waals surface area contributed by atoms with Crippen LogP contribution in [0.25, 0.3) is 0 Å². The molecule has 4 nitrogen and oxygen atoms in total. The van der Waals surface area contributed by atoms with E-state index in [0.717, 1.165) is 10.2 Å². The average molecular weight is 293 g/mol. The van der Waals surface area contributed by atoms with Gasteiger partial charge in [0.05, 0.1) is 11.4 Å². The number of halogens is 1. The molecule has 0 aliphatic rings. The molecule has 5 heteroatoms. The SMILES string of the molecule is CNN(c1cccc(Br)c1)c1ncccc1N. The summed E-state index contributed by atoms with van der Waals surface area (Å²) in [5.41, 5.74) is 10.6. The Morgan fingerprint density at radius 1 is 1.29 bits per heavy atom. The summed E-state index contributed by atoms with van der Waals surface area (Å²) >= 11 is 3.44. The maximum absolute atomic E-state index is 5.92. The number of nitrogen functional groups attached to an aromatic ring is 1. The second-order valence-corrected chi connectivity index (χ2v) is 4.37. The zero-order valence-electron chi connectivity index (χ0n) is 9.39. The third kappa shape index (κ3) is 2.57. The summed E-state index contributed by atoms with van der Waals surface area (Å²) in [4.78, 5) is 4.28. The molecule has 2 aromatic rings. The molecule has 0 unspecified atom stereocenters. The van der Waals surface area contributed by atoms with Crippen LogP contribution in [-0.4, -0.2) is 12.0 Å². The fraction of sp³-hybridized carbons (Fsp3) is 0.0833. The highest BCUT2D eigenvalue weighted by Crippen LogP contribution is 2.27. The van der Waals surface area contributed by atoms with E-state index >= 15 is 0 Å². The summed E-state index contributed by atoms with van der Waals surface area (Å²) < 4.78 is 1.00. The van der Waals surface area contributed by atoms with Crippen LogP contribution in [0.1, 0.15) is 0 Å². The second-order valence-electron chi connectivity index (χ2n) is 3.46. The number of nitrogens with two attached hydrogens (primary N) is 1. The number of hydrogen-bond donors (Lipinski definition) is 2. The Morgan fingerprint density at radius 3 is 2.76 bits per heavy atom. The van der Waals surface area contributed by atoms with Crippen LogP contribution in [0.15, 0.2) is 47.1 Å². The summed E-state index contributed by atoms with van der Waals surface area (Å²) in [6.07, 6.45) is 1.72. The maximum atomic E-state index is 5.92. The number of pyridine rings is 1. The van der Waals surface area contributed by atoms with Gasteiger partial charge in [-0.1, -0.05) is 22.0 Å². The first-order valence-electron chi connectivity index (χ1n) is 5.16. The van der Waals surface area contributed by atoms with E-state index in [4.69, 9.17) is 5.73 Å². The predicted molar refractivity (Wildman–Crippen MR) is 74.0 cm³/mol. The van der Waals surface area contributed by atoms with Crippen molar-refractivity contribution in [3.63, 3.8) is 0 Å². The first-order valence-corrected chi connectivity index (χ1v) is 5.95. The summed E-state index contributed by atoms with van der Waals surface area (Å²) in [6.45, 7) is 0. The van der Waals surface area contributed by atoms with Crippen LogP contribution in [-0.2, 0) is 0 Å². The van der Waals surface area contributed by atoms with Crippen LogP contribution < -0.4 is 16.2 Å². The van der Waals surface area contributed by atoms with E-state index in [0.29, 0.717) is 11.5 Å². The van der Waals surface area contributed by atoms with E-state index < -0.39 is 0 Å². The van der Waals surface area contributed by atoms with Crippen molar-refractivity contribution in [2.45, 2.75) is 0 Å². The number of benzene rings is 1. The first-order chi connectivity index (χ1) is 8.22. The molecule has 0 atom stereocenters. The molecule has 0 bridgehead atoms. The highest BCUT2D eigenvalue weighted by Gasteiger charge is 2.11. The van der Waals surface area contributed by atoms with Gasteiger partial charge in [-0.25, -0.2) is 10.4 Å². The van der Waals surface area contributed by atoms with Crippen LogP contribution in [0, 0.1) is 0 Å². The van der Waals surface area contributed by atoms with Gasteiger partial charge < -0.3 is 5.73 Å². The highest BCUT2D eigenvalue weighted by atomic mass is 79.9. The van der Waals surface area contributed by atoms with E-state index in [1.165, 1.54) is 0 Å². The third-order valence-electron chi connectivity index (χ3n) is 2.32. The third-order valence-corrected chi connectivity index (χ3v) is 2.81. The number of hydrazine groups is 1. The normalized spacial score (nSPS) is 10.2. The van der Waals surface area contributed by atoms with Crippen LogP contribution in [0.3, 0.4) is 0 Å². The molecule has 0 amide bonds. The quantitative estimate of drug-likeness (QED) is 0.854. The van der Waals surface area contributed by atoms with Gasteiger partial charge >= 0.3 is 0 Å². The largest absolute Gasteiger partial charge is 0.396 e. The molecule has 0 fully saturated rings. The lowest BCUT2D eigenvalue weighted by molar-refractivity contribution is 0.820. The minimum Gasteiger partial charge on any atom is -0.396 e. The molecule has 17 heavy (non-hydrogen) atoms. The van der Waals surface area contributed by atoms with Crippen molar-refractivity contribution in [3.8, 4) is 0 Å². The monoisotopic (exact) mass is 292 g/mol. The number of hydrogen-bond acceptors (Lipinski definition) is 4. The second kappa shape index (κ2) is 5.16. The molecule has 1 aromatic carbocycles. The van der Waals surface area contributed by atoms with E-state index in [2.05, 4.69) is 26.3 Å². The van der Waals surface area contributed by atoms with Crippen molar-refractivity contribution >= 4 is 33.1 Å². The van der Waals surface area contributed by atoms with E-state index in [9.17, 15) is 0 Å². The molecule has 0 saturated heterocycles. The van der Waals surface area contributed by atoms with E-state index in [1.807, 2.05) is 48.5 Å². The number of anilines is 3. The number of nitrogens with zero attached hydrogens (tertiary/aromatic N) is 2. The Balaban J connectivity index is 2.44. The van der Waals surface area contributed by atoms with Gasteiger partial charge in [0.1, 0.15) is 0 Å². The van der Waals surface area contributed by atoms with Gasteiger partial charge in [0, 0.05) is 17.7 Å². The summed E-state index contributed by atoms with van der Waals surface area (Å²) in [5.74, 6) is 0.688. The predicted octanol–water partition coefficient (Wildman–Crippen LogP) is 2.70. The zero-order valence-corrected chi connectivity index (χ0v) is 11.0. The van der Waals surface area contributed by atoms with Crippen LogP contribution in [0.5, 0.6) is 0 Å². The van der Waals surface area contributed by atoms with Crippen LogP contribution >= 0.6 is 15.9 Å². The topological polar surface area (TPSA) is 54.2 Å². The Bertz CT molecular complexity index is 515. The van der Waals surface area contributed by atoms with Gasteiger partial charge in [-0.05, 0) is 30.3 Å². The maximum Gasteiger partial charge on any atom is 0.170 e. The van der Waals surface area contributed by atoms with E-state index in [1.54, 1.807) is 6.20 Å². The molecule has 1 aromatic heterocycles. The smallest absolute Gasteiger partial charge is 0.170 e. The fourth-order valence-electron chi connectivity index (χ4n) is 1.57. The van der Waals surface area contributed by atoms with Crippen LogP contribution in [0.4, 0.5) is 17.2 Å². The summed E-state index contributed by atoms with van der Waals surface area (Å²) in [6, 6.07) is 11.5. The van der Waals surface area contributed by atoms with Gasteiger partial charge in [-0.15, -0.1) is 0 Å². The Morgan fingerprint density at radius 2 is 2.12 bits per heavy atom. The Labute approximate surface area is 109 Å². The minimum atomic E-state index is 0.627. The molecule has 0 spiro atoms. The minimum absolute atomic E-state index is 0.627. The number of rotatable bonds is 3. The first kappa shape index (κ1) is 11.9. The van der Waals surface area contributed by atoms with Crippen molar-refractivity contribution in [2.75, 3.05) is 17.8 Å². The van der Waals surface area contributed by atoms with Gasteiger partial charge in [-0.3, -0.25) is 5.01 Å². The van der Waals surface area contributed by atoms with Gasteiger partial charge in [-0.2, -0.15) is 0 Å². The molecule has 88 valence electrons. The lowest BCUT2D eigenvalue weighted by Crippen LogP contribution is -2.31. The molecule has 2 rings (SSSR count). The van der Waals surface area contributed by atoms with E-state index in [-0.39, 0.29) is 0 Å². The van der Waals surface area contributed by atoms with Gasteiger partial charge in [0.2, 0.25) is 0 Å². The van der Waals surface area contributed by atoms with Crippen molar-refractivity contribution in [3.05, 3.63) is 47.1 Å². The lowest BCUT2D eigenvalue weighted by Gasteiger charge is -2.23. The van der Waals surface area contributed by atoms with Gasteiger partial charge in [0.25, 0.3) is 0 Å². The molecule has 0 radical (unpaired) electrons. The molecular weight excluding hydrogens is 280 g/mol. The van der Waals surface area contributed by atoms with Crippen molar-refractivity contribution in [1.29, 1.82) is 0 Å². The number of aromatic nitrogens is 1. The van der Waals surface area contributed by atoms with Gasteiger partial charge in [0.15, 0.2) is 5.82 Å². The molecule has 1 heterocycles. The average Bonchev–Trinajstić information content (AvgIpc) is 2.33. The zero-order chi connectivity index (χ0) is 12.3. The van der Waals surface area contributed by atoms with Crippen molar-refractivity contribution in [2.24, 2.45) is 0 Å².